The van der Waals surface area contributed by atoms with Crippen molar-refractivity contribution in [3.8, 4) is 0 Å². The fourth-order valence-electron chi connectivity index (χ4n) is 2.86. The number of carbonyl (C=O) groups excluding carboxylic acids is 1. The van der Waals surface area contributed by atoms with Crippen molar-refractivity contribution in [3.05, 3.63) is 46.7 Å². The van der Waals surface area contributed by atoms with Gasteiger partial charge in [0.1, 0.15) is 11.9 Å². The number of aryl methyl sites for hydroxylation is 1. The molecule has 2 aromatic rings. The molecule has 0 radical (unpaired) electrons. The second kappa shape index (κ2) is 6.64. The van der Waals surface area contributed by atoms with Crippen LogP contribution in [0.2, 0.25) is 0 Å². The van der Waals surface area contributed by atoms with Crippen LogP contribution in [-0.4, -0.2) is 42.0 Å². The summed E-state index contributed by atoms with van der Waals surface area (Å²) in [6.07, 6.45) is 0. The maximum Gasteiger partial charge on any atom is 0.239 e. The average Bonchev–Trinajstić information content (AvgIpc) is 2.96. The summed E-state index contributed by atoms with van der Waals surface area (Å²) in [5.74, 6) is -0.726. The Morgan fingerprint density at radius 1 is 1.26 bits per heavy atom. The zero-order valence-corrected chi connectivity index (χ0v) is 13.7. The predicted octanol–water partition coefficient (Wildman–Crippen LogP) is 1.94. The fraction of sp³-hybridized carbons (Fsp3) is 0.375. The first-order chi connectivity index (χ1) is 11.0. The summed E-state index contributed by atoms with van der Waals surface area (Å²) in [5, 5.41) is 3.05. The van der Waals surface area contributed by atoms with Gasteiger partial charge in [-0.3, -0.25) is 9.69 Å². The van der Waals surface area contributed by atoms with Gasteiger partial charge in [-0.2, -0.15) is 0 Å². The highest BCUT2D eigenvalue weighted by atomic mass is 32.1. The van der Waals surface area contributed by atoms with Crippen molar-refractivity contribution in [1.29, 1.82) is 0 Å². The van der Waals surface area contributed by atoms with Crippen LogP contribution in [0, 0.1) is 12.7 Å². The van der Waals surface area contributed by atoms with E-state index in [2.05, 4.69) is 9.88 Å². The molecule has 7 heteroatoms. The first-order valence-corrected chi connectivity index (χ1v) is 8.38. The number of thiazole rings is 1. The second-order valence-corrected chi connectivity index (χ2v) is 6.49. The number of carbonyl (C=O) groups is 1. The minimum Gasteiger partial charge on any atom is -0.368 e. The fourth-order valence-corrected chi connectivity index (χ4v) is 3.72. The molecule has 1 aliphatic heterocycles. The normalized spacial score (nSPS) is 17.2. The maximum atomic E-state index is 13.1. The first-order valence-electron chi connectivity index (χ1n) is 7.50. The van der Waals surface area contributed by atoms with Gasteiger partial charge in [-0.15, -0.1) is 11.3 Å². The number of rotatable bonds is 4. The molecule has 0 spiro atoms. The number of primary amides is 1. The number of piperazine rings is 1. The van der Waals surface area contributed by atoms with Gasteiger partial charge in [0.25, 0.3) is 0 Å². The Labute approximate surface area is 138 Å². The molecule has 1 aliphatic rings. The van der Waals surface area contributed by atoms with Gasteiger partial charge in [-0.05, 0) is 24.6 Å². The van der Waals surface area contributed by atoms with Crippen LogP contribution in [0.15, 0.2) is 29.6 Å². The van der Waals surface area contributed by atoms with Crippen LogP contribution in [0.5, 0.6) is 0 Å². The standard InChI is InChI=1S/C16H19FN4OS/c1-11-10-23-16(19-11)21-8-6-20(7-9-21)14(15(18)22)12-2-4-13(17)5-3-12/h2-5,10,14H,6-9H2,1H3,(H2,18,22). The van der Waals surface area contributed by atoms with Crippen molar-refractivity contribution >= 4 is 22.4 Å². The Kier molecular flexibility index (Phi) is 4.58. The van der Waals surface area contributed by atoms with E-state index >= 15 is 0 Å². The number of hydrogen-bond donors (Lipinski definition) is 1. The van der Waals surface area contributed by atoms with Crippen molar-refractivity contribution < 1.29 is 9.18 Å². The van der Waals surface area contributed by atoms with Crippen LogP contribution < -0.4 is 10.6 Å². The van der Waals surface area contributed by atoms with E-state index in [1.807, 2.05) is 17.2 Å². The molecule has 1 fully saturated rings. The molecule has 1 unspecified atom stereocenters. The number of nitrogens with zero attached hydrogens (tertiary/aromatic N) is 3. The Bertz CT molecular complexity index is 680. The number of hydrogen-bond acceptors (Lipinski definition) is 5. The number of anilines is 1. The van der Waals surface area contributed by atoms with Crippen LogP contribution in [0.1, 0.15) is 17.3 Å². The number of aromatic nitrogens is 1. The third-order valence-corrected chi connectivity index (χ3v) is 5.03. The minimum atomic E-state index is -0.518. The van der Waals surface area contributed by atoms with Gasteiger partial charge in [0, 0.05) is 31.6 Å². The second-order valence-electron chi connectivity index (χ2n) is 5.65. The Hall–Kier alpha value is -1.99. The zero-order chi connectivity index (χ0) is 16.4. The smallest absolute Gasteiger partial charge is 0.239 e. The molecule has 1 aromatic heterocycles. The average molecular weight is 334 g/mol. The van der Waals surface area contributed by atoms with E-state index < -0.39 is 11.9 Å². The quantitative estimate of drug-likeness (QED) is 0.928. The summed E-state index contributed by atoms with van der Waals surface area (Å²) in [7, 11) is 0. The van der Waals surface area contributed by atoms with E-state index in [9.17, 15) is 9.18 Å². The van der Waals surface area contributed by atoms with E-state index in [-0.39, 0.29) is 5.82 Å². The first kappa shape index (κ1) is 15.9. The lowest BCUT2D eigenvalue weighted by molar-refractivity contribution is -0.123. The molecule has 0 saturated carbocycles. The molecule has 0 aliphatic carbocycles. The molecule has 122 valence electrons. The number of benzene rings is 1. The van der Waals surface area contributed by atoms with Gasteiger partial charge >= 0.3 is 0 Å². The third-order valence-electron chi connectivity index (χ3n) is 4.01. The number of halogens is 1. The molecule has 0 bridgehead atoms. The molecule has 1 saturated heterocycles. The van der Waals surface area contributed by atoms with E-state index in [0.29, 0.717) is 13.1 Å². The third kappa shape index (κ3) is 3.51. The van der Waals surface area contributed by atoms with E-state index in [1.165, 1.54) is 12.1 Å². The SMILES string of the molecule is Cc1csc(N2CCN(C(C(N)=O)c3ccc(F)cc3)CC2)n1. The van der Waals surface area contributed by atoms with Gasteiger partial charge in [0.15, 0.2) is 5.13 Å². The van der Waals surface area contributed by atoms with Crippen LogP contribution in [0.25, 0.3) is 0 Å². The van der Waals surface area contributed by atoms with E-state index in [1.54, 1.807) is 23.5 Å². The lowest BCUT2D eigenvalue weighted by atomic mass is 10.0. The Morgan fingerprint density at radius 3 is 2.43 bits per heavy atom. The van der Waals surface area contributed by atoms with Gasteiger partial charge < -0.3 is 10.6 Å². The van der Waals surface area contributed by atoms with Gasteiger partial charge in [0.2, 0.25) is 5.91 Å². The lowest BCUT2D eigenvalue weighted by Gasteiger charge is -2.38. The van der Waals surface area contributed by atoms with E-state index in [4.69, 9.17) is 5.73 Å². The minimum absolute atomic E-state index is 0.319. The summed E-state index contributed by atoms with van der Waals surface area (Å²) in [6.45, 7) is 4.98. The van der Waals surface area contributed by atoms with Crippen LogP contribution in [-0.2, 0) is 4.79 Å². The highest BCUT2D eigenvalue weighted by molar-refractivity contribution is 7.13. The van der Waals surface area contributed by atoms with Crippen molar-refractivity contribution in [1.82, 2.24) is 9.88 Å². The molecular formula is C16H19FN4OS. The topological polar surface area (TPSA) is 62.5 Å². The molecule has 1 atom stereocenters. The van der Waals surface area contributed by atoms with Gasteiger partial charge in [-0.25, -0.2) is 9.37 Å². The van der Waals surface area contributed by atoms with Crippen molar-refractivity contribution in [2.24, 2.45) is 5.73 Å². The Balaban J connectivity index is 1.71. The maximum absolute atomic E-state index is 13.1. The number of nitrogens with two attached hydrogens (primary N) is 1. The zero-order valence-electron chi connectivity index (χ0n) is 12.9. The summed E-state index contributed by atoms with van der Waals surface area (Å²) in [4.78, 5) is 20.7. The molecule has 3 rings (SSSR count). The van der Waals surface area contributed by atoms with Crippen molar-refractivity contribution in [2.45, 2.75) is 13.0 Å². The van der Waals surface area contributed by atoms with Crippen LogP contribution >= 0.6 is 11.3 Å². The molecule has 2 heterocycles. The highest BCUT2D eigenvalue weighted by Crippen LogP contribution is 2.26. The predicted molar refractivity (Wildman–Crippen MR) is 89.0 cm³/mol. The monoisotopic (exact) mass is 334 g/mol. The summed E-state index contributed by atoms with van der Waals surface area (Å²) in [5.41, 5.74) is 7.34. The summed E-state index contributed by atoms with van der Waals surface area (Å²) in [6, 6.07) is 5.46. The summed E-state index contributed by atoms with van der Waals surface area (Å²) < 4.78 is 13.1. The molecular weight excluding hydrogens is 315 g/mol. The molecule has 5 nitrogen and oxygen atoms in total. The van der Waals surface area contributed by atoms with Crippen molar-refractivity contribution in [2.75, 3.05) is 31.1 Å². The largest absolute Gasteiger partial charge is 0.368 e. The molecule has 2 N–H and O–H groups in total. The molecule has 1 amide bonds. The lowest BCUT2D eigenvalue weighted by Crippen LogP contribution is -2.50. The van der Waals surface area contributed by atoms with Crippen molar-refractivity contribution in [3.63, 3.8) is 0 Å². The van der Waals surface area contributed by atoms with Crippen LogP contribution in [0.3, 0.4) is 0 Å². The Morgan fingerprint density at radius 2 is 1.91 bits per heavy atom. The highest BCUT2D eigenvalue weighted by Gasteiger charge is 2.29. The number of amides is 1. The van der Waals surface area contributed by atoms with Gasteiger partial charge in [0.05, 0.1) is 5.69 Å². The molecule has 1 aromatic carbocycles. The molecule has 23 heavy (non-hydrogen) atoms. The van der Waals surface area contributed by atoms with E-state index in [0.717, 1.165) is 29.5 Å². The van der Waals surface area contributed by atoms with Crippen LogP contribution in [0.4, 0.5) is 9.52 Å². The van der Waals surface area contributed by atoms with Gasteiger partial charge in [-0.1, -0.05) is 12.1 Å². The summed E-state index contributed by atoms with van der Waals surface area (Å²) >= 11 is 1.63.